The summed E-state index contributed by atoms with van der Waals surface area (Å²) in [4.78, 5) is 12.1. The predicted octanol–water partition coefficient (Wildman–Crippen LogP) is 3.80. The maximum atomic E-state index is 12.1. The first-order chi connectivity index (χ1) is 11.7. The summed E-state index contributed by atoms with van der Waals surface area (Å²) in [5.74, 6) is 2.17. The van der Waals surface area contributed by atoms with E-state index in [2.05, 4.69) is 41.6 Å². The molecule has 2 aromatic rings. The highest BCUT2D eigenvalue weighted by Gasteiger charge is 2.22. The number of hydrogen-bond acceptors (Lipinski definition) is 3. The highest BCUT2D eigenvalue weighted by Crippen LogP contribution is 2.24. The van der Waals surface area contributed by atoms with Crippen LogP contribution in [0.1, 0.15) is 38.2 Å². The molecule has 1 N–H and O–H groups in total. The van der Waals surface area contributed by atoms with Gasteiger partial charge in [0.1, 0.15) is 0 Å². The number of carbonyl (C=O) groups excluding carboxylic acids is 1. The molecule has 0 unspecified atom stereocenters. The molecule has 1 amide bonds. The Morgan fingerprint density at radius 1 is 1.29 bits per heavy atom. The number of thioether (sulfide) groups is 1. The summed E-state index contributed by atoms with van der Waals surface area (Å²) in [6.07, 6.45) is 8.62. The van der Waals surface area contributed by atoms with Crippen LogP contribution in [0.2, 0.25) is 0 Å². The molecule has 0 aliphatic heterocycles. The predicted molar refractivity (Wildman–Crippen MR) is 99.3 cm³/mol. The molecule has 0 bridgehead atoms. The normalized spacial score (nSPS) is 20.7. The molecule has 4 nitrogen and oxygen atoms in total. The van der Waals surface area contributed by atoms with Gasteiger partial charge in [-0.15, -0.1) is 11.8 Å². The minimum Gasteiger partial charge on any atom is -0.352 e. The molecule has 1 fully saturated rings. The molecule has 128 valence electrons. The largest absolute Gasteiger partial charge is 0.352 e. The van der Waals surface area contributed by atoms with Gasteiger partial charge in [0.05, 0.1) is 11.4 Å². The molecule has 1 aliphatic carbocycles. The van der Waals surface area contributed by atoms with Gasteiger partial charge in [-0.05, 0) is 42.5 Å². The molecular weight excluding hydrogens is 318 g/mol. The molecule has 0 saturated heterocycles. The van der Waals surface area contributed by atoms with Gasteiger partial charge in [0.15, 0.2) is 0 Å². The fraction of sp³-hybridized carbons (Fsp3) is 0.474. The lowest BCUT2D eigenvalue weighted by atomic mass is 9.86. The third-order valence-electron chi connectivity index (χ3n) is 4.67. The Labute approximate surface area is 148 Å². The van der Waals surface area contributed by atoms with Crippen molar-refractivity contribution >= 4 is 17.7 Å². The van der Waals surface area contributed by atoms with Crippen LogP contribution in [0.15, 0.2) is 42.7 Å². The van der Waals surface area contributed by atoms with Crippen molar-refractivity contribution in [2.75, 3.05) is 5.75 Å². The number of hydrogen-bond donors (Lipinski definition) is 1. The molecule has 0 spiro atoms. The van der Waals surface area contributed by atoms with Gasteiger partial charge in [-0.3, -0.25) is 4.79 Å². The van der Waals surface area contributed by atoms with Crippen LogP contribution in [0.5, 0.6) is 0 Å². The standard InChI is InChI=1S/C19H25N3OS/c1-15-5-2-3-6-18(15)21-19(23)14-24-13-16-7-9-17(10-8-16)22-12-4-11-20-22/h4,7-12,15,18H,2-3,5-6,13-14H2,1H3,(H,21,23)/t15-,18+/m0/s1. The van der Waals surface area contributed by atoms with Crippen molar-refractivity contribution in [2.24, 2.45) is 5.92 Å². The van der Waals surface area contributed by atoms with Crippen molar-refractivity contribution in [2.45, 2.75) is 44.4 Å². The molecule has 2 atom stereocenters. The summed E-state index contributed by atoms with van der Waals surface area (Å²) in [6.45, 7) is 2.25. The van der Waals surface area contributed by atoms with E-state index in [0.717, 1.165) is 17.9 Å². The van der Waals surface area contributed by atoms with Gasteiger partial charge in [-0.1, -0.05) is 31.9 Å². The van der Waals surface area contributed by atoms with Crippen LogP contribution in [0.3, 0.4) is 0 Å². The van der Waals surface area contributed by atoms with Crippen molar-refractivity contribution in [3.05, 3.63) is 48.3 Å². The summed E-state index contributed by atoms with van der Waals surface area (Å²) < 4.78 is 1.84. The Bertz CT molecular complexity index is 639. The first-order valence-corrected chi connectivity index (χ1v) is 9.84. The first-order valence-electron chi connectivity index (χ1n) is 8.68. The van der Waals surface area contributed by atoms with E-state index in [4.69, 9.17) is 0 Å². The van der Waals surface area contributed by atoms with E-state index in [1.165, 1.54) is 24.8 Å². The number of amides is 1. The quantitative estimate of drug-likeness (QED) is 0.868. The third-order valence-corrected chi connectivity index (χ3v) is 5.67. The van der Waals surface area contributed by atoms with Crippen molar-refractivity contribution in [3.63, 3.8) is 0 Å². The molecule has 1 aromatic carbocycles. The Balaban J connectivity index is 1.42. The Morgan fingerprint density at radius 2 is 2.08 bits per heavy atom. The number of benzene rings is 1. The summed E-state index contributed by atoms with van der Waals surface area (Å²) in [5, 5.41) is 7.43. The monoisotopic (exact) mass is 343 g/mol. The second kappa shape index (κ2) is 8.38. The van der Waals surface area contributed by atoms with E-state index in [1.807, 2.05) is 16.9 Å². The Kier molecular flexibility index (Phi) is 5.96. The van der Waals surface area contributed by atoms with Gasteiger partial charge in [0.2, 0.25) is 5.91 Å². The zero-order valence-electron chi connectivity index (χ0n) is 14.1. The average Bonchev–Trinajstić information content (AvgIpc) is 3.12. The van der Waals surface area contributed by atoms with Crippen LogP contribution < -0.4 is 5.32 Å². The molecule has 1 aromatic heterocycles. The molecule has 1 saturated carbocycles. The smallest absolute Gasteiger partial charge is 0.230 e. The second-order valence-electron chi connectivity index (χ2n) is 6.55. The van der Waals surface area contributed by atoms with Crippen molar-refractivity contribution in [1.82, 2.24) is 15.1 Å². The van der Waals surface area contributed by atoms with Gasteiger partial charge in [-0.25, -0.2) is 4.68 Å². The van der Waals surface area contributed by atoms with Gasteiger partial charge < -0.3 is 5.32 Å². The SMILES string of the molecule is C[C@H]1CCCC[C@H]1NC(=O)CSCc1ccc(-n2cccn2)cc1. The lowest BCUT2D eigenvalue weighted by Crippen LogP contribution is -2.41. The Hall–Kier alpha value is -1.75. The maximum Gasteiger partial charge on any atom is 0.230 e. The number of rotatable bonds is 6. The van der Waals surface area contributed by atoms with Gasteiger partial charge in [0, 0.05) is 24.2 Å². The van der Waals surface area contributed by atoms with Crippen molar-refractivity contribution in [1.29, 1.82) is 0 Å². The van der Waals surface area contributed by atoms with Gasteiger partial charge in [0.25, 0.3) is 0 Å². The lowest BCUT2D eigenvalue weighted by molar-refractivity contribution is -0.119. The van der Waals surface area contributed by atoms with E-state index in [-0.39, 0.29) is 5.91 Å². The molecule has 3 rings (SSSR count). The topological polar surface area (TPSA) is 46.9 Å². The van der Waals surface area contributed by atoms with Crippen molar-refractivity contribution < 1.29 is 4.79 Å². The van der Waals surface area contributed by atoms with Crippen LogP contribution in [-0.2, 0) is 10.5 Å². The van der Waals surface area contributed by atoms with Crippen LogP contribution >= 0.6 is 11.8 Å². The van der Waals surface area contributed by atoms with Crippen molar-refractivity contribution in [3.8, 4) is 5.69 Å². The van der Waals surface area contributed by atoms with Crippen LogP contribution in [0.25, 0.3) is 5.69 Å². The second-order valence-corrected chi connectivity index (χ2v) is 7.53. The maximum absolute atomic E-state index is 12.1. The summed E-state index contributed by atoms with van der Waals surface area (Å²) in [7, 11) is 0. The van der Waals surface area contributed by atoms with E-state index < -0.39 is 0 Å². The fourth-order valence-electron chi connectivity index (χ4n) is 3.21. The number of nitrogens with one attached hydrogen (secondary N) is 1. The van der Waals surface area contributed by atoms with Crippen LogP contribution in [0, 0.1) is 5.92 Å². The molecular formula is C19H25N3OS. The van der Waals surface area contributed by atoms with Crippen LogP contribution in [-0.4, -0.2) is 27.5 Å². The average molecular weight is 343 g/mol. The lowest BCUT2D eigenvalue weighted by Gasteiger charge is -2.29. The van der Waals surface area contributed by atoms with E-state index in [0.29, 0.717) is 17.7 Å². The van der Waals surface area contributed by atoms with E-state index in [9.17, 15) is 4.79 Å². The molecule has 1 aliphatic rings. The summed E-state index contributed by atoms with van der Waals surface area (Å²) >= 11 is 1.67. The fourth-order valence-corrected chi connectivity index (χ4v) is 4.01. The minimum absolute atomic E-state index is 0.173. The minimum atomic E-state index is 0.173. The molecule has 1 heterocycles. The molecule has 5 heteroatoms. The summed E-state index contributed by atoms with van der Waals surface area (Å²) in [6, 6.07) is 10.6. The molecule has 0 radical (unpaired) electrons. The number of aromatic nitrogens is 2. The van der Waals surface area contributed by atoms with E-state index >= 15 is 0 Å². The highest BCUT2D eigenvalue weighted by atomic mass is 32.2. The number of nitrogens with zero attached hydrogens (tertiary/aromatic N) is 2. The van der Waals surface area contributed by atoms with E-state index in [1.54, 1.807) is 18.0 Å². The summed E-state index contributed by atoms with van der Waals surface area (Å²) in [5.41, 5.74) is 2.28. The number of carbonyl (C=O) groups is 1. The van der Waals surface area contributed by atoms with Gasteiger partial charge in [-0.2, -0.15) is 5.10 Å². The zero-order chi connectivity index (χ0) is 16.8. The van der Waals surface area contributed by atoms with Gasteiger partial charge >= 0.3 is 0 Å². The highest BCUT2D eigenvalue weighted by molar-refractivity contribution is 7.99. The Morgan fingerprint density at radius 3 is 2.79 bits per heavy atom. The first kappa shape index (κ1) is 17.1. The van der Waals surface area contributed by atoms with Crippen LogP contribution in [0.4, 0.5) is 0 Å². The zero-order valence-corrected chi connectivity index (χ0v) is 15.0. The molecule has 24 heavy (non-hydrogen) atoms. The third kappa shape index (κ3) is 4.63.